The van der Waals surface area contributed by atoms with Crippen LogP contribution in [0.25, 0.3) is 5.57 Å². The minimum Gasteiger partial charge on any atom is -0.378 e. The summed E-state index contributed by atoms with van der Waals surface area (Å²) in [6.45, 7) is 8.04. The Balaban J connectivity index is 1.79. The van der Waals surface area contributed by atoms with Crippen LogP contribution in [-0.4, -0.2) is 43.9 Å². The highest BCUT2D eigenvalue weighted by atomic mass is 16.2. The van der Waals surface area contributed by atoms with Crippen molar-refractivity contribution < 1.29 is 9.59 Å². The molecule has 2 heterocycles. The van der Waals surface area contributed by atoms with Crippen molar-refractivity contribution in [3.05, 3.63) is 65.4 Å². The fourth-order valence-corrected chi connectivity index (χ4v) is 4.77. The van der Waals surface area contributed by atoms with Crippen molar-refractivity contribution >= 4 is 28.8 Å². The highest BCUT2D eigenvalue weighted by Crippen LogP contribution is 2.37. The molecule has 5 nitrogen and oxygen atoms in total. The molecule has 2 amide bonds. The van der Waals surface area contributed by atoms with Crippen LogP contribution < -0.4 is 9.80 Å². The zero-order valence-corrected chi connectivity index (χ0v) is 19.1. The topological polar surface area (TPSA) is 43.9 Å². The molecule has 2 aromatic carbocycles. The molecule has 31 heavy (non-hydrogen) atoms. The Kier molecular flexibility index (Phi) is 5.61. The number of hydrogen-bond donors (Lipinski definition) is 0. The number of rotatable bonds is 4. The fraction of sp³-hybridized carbons (Fsp3) is 0.385. The monoisotopic (exact) mass is 417 g/mol. The Bertz CT molecular complexity index is 1010. The molecule has 2 aliphatic rings. The first-order chi connectivity index (χ1) is 14.8. The van der Waals surface area contributed by atoms with E-state index in [4.69, 9.17) is 0 Å². The summed E-state index contributed by atoms with van der Waals surface area (Å²) >= 11 is 0. The minimum atomic E-state index is -0.243. The van der Waals surface area contributed by atoms with Gasteiger partial charge in [0.1, 0.15) is 5.70 Å². The molecule has 0 aromatic heterocycles. The third-order valence-corrected chi connectivity index (χ3v) is 6.21. The summed E-state index contributed by atoms with van der Waals surface area (Å²) in [5.74, 6) is 0.491. The van der Waals surface area contributed by atoms with Crippen molar-refractivity contribution in [3.8, 4) is 0 Å². The normalized spacial score (nSPS) is 21.8. The molecule has 0 saturated carbocycles. The molecule has 0 bridgehead atoms. The third kappa shape index (κ3) is 3.97. The molecule has 162 valence electrons. The van der Waals surface area contributed by atoms with Gasteiger partial charge in [0.15, 0.2) is 0 Å². The standard InChI is InChI=1S/C26H31N3O2/c1-17-6-8-20(9-7-17)23-24(28-15-18(2)14-19(3)16-28)26(31)29(25(23)30)22-12-10-21(11-13-22)27(4)5/h6-13,18-19H,14-16H2,1-5H3. The average molecular weight is 418 g/mol. The lowest BCUT2D eigenvalue weighted by atomic mass is 9.91. The smallest absolute Gasteiger partial charge is 0.282 e. The van der Waals surface area contributed by atoms with Gasteiger partial charge in [0.05, 0.1) is 11.3 Å². The summed E-state index contributed by atoms with van der Waals surface area (Å²) in [6, 6.07) is 15.5. The number of nitrogens with zero attached hydrogens (tertiary/aromatic N) is 3. The molecule has 1 fully saturated rings. The average Bonchev–Trinajstić information content (AvgIpc) is 2.98. The van der Waals surface area contributed by atoms with Crippen LogP contribution in [0.3, 0.4) is 0 Å². The van der Waals surface area contributed by atoms with E-state index >= 15 is 0 Å². The molecule has 1 saturated heterocycles. The van der Waals surface area contributed by atoms with Crippen LogP contribution in [0.1, 0.15) is 31.4 Å². The van der Waals surface area contributed by atoms with Gasteiger partial charge in [0.2, 0.25) is 0 Å². The Labute approximate surface area is 184 Å². The number of benzene rings is 2. The van der Waals surface area contributed by atoms with Crippen LogP contribution >= 0.6 is 0 Å². The predicted octanol–water partition coefficient (Wildman–Crippen LogP) is 4.32. The van der Waals surface area contributed by atoms with E-state index in [0.29, 0.717) is 28.8 Å². The number of carbonyl (C=O) groups is 2. The Morgan fingerprint density at radius 1 is 0.839 bits per heavy atom. The lowest BCUT2D eigenvalue weighted by molar-refractivity contribution is -0.120. The van der Waals surface area contributed by atoms with E-state index in [1.807, 2.05) is 74.4 Å². The maximum Gasteiger partial charge on any atom is 0.282 e. The van der Waals surface area contributed by atoms with Gasteiger partial charge in [0, 0.05) is 32.9 Å². The Morgan fingerprint density at radius 2 is 1.42 bits per heavy atom. The van der Waals surface area contributed by atoms with E-state index in [0.717, 1.165) is 36.3 Å². The first-order valence-corrected chi connectivity index (χ1v) is 11.0. The van der Waals surface area contributed by atoms with Gasteiger partial charge in [-0.05, 0) is 55.0 Å². The van der Waals surface area contributed by atoms with Gasteiger partial charge in [-0.2, -0.15) is 0 Å². The number of carbonyl (C=O) groups excluding carboxylic acids is 2. The summed E-state index contributed by atoms with van der Waals surface area (Å²) in [5.41, 5.74) is 4.62. The summed E-state index contributed by atoms with van der Waals surface area (Å²) in [4.78, 5) is 32.8. The van der Waals surface area contributed by atoms with E-state index < -0.39 is 0 Å². The second-order valence-corrected chi connectivity index (χ2v) is 9.30. The first-order valence-electron chi connectivity index (χ1n) is 11.0. The van der Waals surface area contributed by atoms with Crippen LogP contribution in [-0.2, 0) is 9.59 Å². The van der Waals surface area contributed by atoms with Gasteiger partial charge in [-0.15, -0.1) is 0 Å². The summed E-state index contributed by atoms with van der Waals surface area (Å²) in [7, 11) is 3.93. The Hall–Kier alpha value is -3.08. The van der Waals surface area contributed by atoms with Gasteiger partial charge in [-0.3, -0.25) is 9.59 Å². The van der Waals surface area contributed by atoms with Crippen molar-refractivity contribution in [1.29, 1.82) is 0 Å². The van der Waals surface area contributed by atoms with Gasteiger partial charge in [-0.1, -0.05) is 43.7 Å². The van der Waals surface area contributed by atoms with Crippen LogP contribution in [0.2, 0.25) is 0 Å². The Morgan fingerprint density at radius 3 is 1.97 bits per heavy atom. The van der Waals surface area contributed by atoms with Gasteiger partial charge >= 0.3 is 0 Å². The number of hydrogen-bond acceptors (Lipinski definition) is 4. The van der Waals surface area contributed by atoms with E-state index in [1.165, 1.54) is 4.90 Å². The maximum atomic E-state index is 13.7. The molecule has 5 heteroatoms. The van der Waals surface area contributed by atoms with Crippen LogP contribution in [0.15, 0.2) is 54.2 Å². The summed E-state index contributed by atoms with van der Waals surface area (Å²) < 4.78 is 0. The predicted molar refractivity (Wildman–Crippen MR) is 126 cm³/mol. The van der Waals surface area contributed by atoms with E-state index in [1.54, 1.807) is 0 Å². The molecular formula is C26H31N3O2. The number of anilines is 2. The maximum absolute atomic E-state index is 13.7. The third-order valence-electron chi connectivity index (χ3n) is 6.21. The number of aryl methyl sites for hydroxylation is 1. The zero-order chi connectivity index (χ0) is 22.3. The molecule has 0 radical (unpaired) electrons. The lowest BCUT2D eigenvalue weighted by Gasteiger charge is -2.37. The van der Waals surface area contributed by atoms with Gasteiger partial charge < -0.3 is 9.80 Å². The molecule has 0 N–H and O–H groups in total. The lowest BCUT2D eigenvalue weighted by Crippen LogP contribution is -2.42. The molecule has 2 aliphatic heterocycles. The number of amides is 2. The van der Waals surface area contributed by atoms with Gasteiger partial charge in [-0.25, -0.2) is 4.90 Å². The highest BCUT2D eigenvalue weighted by molar-refractivity contribution is 6.45. The number of likely N-dealkylation sites (tertiary alicyclic amines) is 1. The first kappa shape index (κ1) is 21.2. The summed E-state index contributed by atoms with van der Waals surface area (Å²) in [5, 5.41) is 0. The largest absolute Gasteiger partial charge is 0.378 e. The molecule has 2 aromatic rings. The molecule has 0 aliphatic carbocycles. The van der Waals surface area contributed by atoms with Crippen molar-refractivity contribution in [2.24, 2.45) is 11.8 Å². The van der Waals surface area contributed by atoms with Crippen LogP contribution in [0.5, 0.6) is 0 Å². The fourth-order valence-electron chi connectivity index (χ4n) is 4.77. The quantitative estimate of drug-likeness (QED) is 0.695. The van der Waals surface area contributed by atoms with Crippen molar-refractivity contribution in [2.75, 3.05) is 37.0 Å². The molecule has 2 unspecified atom stereocenters. The molecule has 0 spiro atoms. The highest BCUT2D eigenvalue weighted by Gasteiger charge is 2.43. The summed E-state index contributed by atoms with van der Waals surface area (Å²) in [6.07, 6.45) is 1.14. The van der Waals surface area contributed by atoms with E-state index in [9.17, 15) is 9.59 Å². The van der Waals surface area contributed by atoms with Crippen molar-refractivity contribution in [3.63, 3.8) is 0 Å². The molecular weight excluding hydrogens is 386 g/mol. The minimum absolute atomic E-state index is 0.223. The second kappa shape index (κ2) is 8.22. The SMILES string of the molecule is Cc1ccc(C2=C(N3CC(C)CC(C)C3)C(=O)N(c3ccc(N(C)C)cc3)C2=O)cc1. The van der Waals surface area contributed by atoms with E-state index in [2.05, 4.69) is 18.7 Å². The second-order valence-electron chi connectivity index (χ2n) is 9.30. The van der Waals surface area contributed by atoms with Gasteiger partial charge in [0.25, 0.3) is 11.8 Å². The zero-order valence-electron chi connectivity index (χ0n) is 19.1. The molecule has 4 rings (SSSR count). The van der Waals surface area contributed by atoms with Crippen molar-refractivity contribution in [2.45, 2.75) is 27.2 Å². The number of imide groups is 1. The molecule has 2 atom stereocenters. The number of piperidine rings is 1. The van der Waals surface area contributed by atoms with Crippen molar-refractivity contribution in [1.82, 2.24) is 4.90 Å². The van der Waals surface area contributed by atoms with Crippen LogP contribution in [0, 0.1) is 18.8 Å². The van der Waals surface area contributed by atoms with Crippen LogP contribution in [0.4, 0.5) is 11.4 Å². The van der Waals surface area contributed by atoms with E-state index in [-0.39, 0.29) is 11.8 Å².